The summed E-state index contributed by atoms with van der Waals surface area (Å²) in [6, 6.07) is 0. The van der Waals surface area contributed by atoms with Gasteiger partial charge in [-0.15, -0.1) is 0 Å². The van der Waals surface area contributed by atoms with Crippen LogP contribution in [0.25, 0.3) is 0 Å². The van der Waals surface area contributed by atoms with E-state index >= 15 is 0 Å². The van der Waals surface area contributed by atoms with E-state index in [4.69, 9.17) is 9.97 Å². The minimum Gasteiger partial charge on any atom is -0.370 e. The van der Waals surface area contributed by atoms with E-state index in [1.807, 2.05) is 0 Å². The van der Waals surface area contributed by atoms with E-state index in [0.29, 0.717) is 5.92 Å². The molecule has 2 aliphatic rings. The molecule has 1 aromatic heterocycles. The first-order valence-electron chi connectivity index (χ1n) is 8.52. The largest absolute Gasteiger partial charge is 0.370 e. The van der Waals surface area contributed by atoms with Gasteiger partial charge in [0, 0.05) is 31.6 Å². The Morgan fingerprint density at radius 3 is 2.52 bits per heavy atom. The van der Waals surface area contributed by atoms with Crippen LogP contribution in [0.5, 0.6) is 0 Å². The summed E-state index contributed by atoms with van der Waals surface area (Å²) in [5.41, 5.74) is 1.20. The summed E-state index contributed by atoms with van der Waals surface area (Å²) in [6.45, 7) is 6.46. The monoisotopic (exact) mass is 288 g/mol. The SMILES string of the molecule is CCCNc1nc(C2CC2)nc(N(C)CC2CCC2)c1C. The van der Waals surface area contributed by atoms with Crippen LogP contribution in [-0.4, -0.2) is 30.1 Å². The van der Waals surface area contributed by atoms with Crippen LogP contribution in [-0.2, 0) is 0 Å². The first kappa shape index (κ1) is 14.6. The third-order valence-electron chi connectivity index (χ3n) is 4.74. The van der Waals surface area contributed by atoms with Crippen molar-refractivity contribution >= 4 is 11.6 Å². The number of rotatable bonds is 7. The Labute approximate surface area is 128 Å². The maximum Gasteiger partial charge on any atom is 0.137 e. The van der Waals surface area contributed by atoms with E-state index in [-0.39, 0.29) is 0 Å². The third kappa shape index (κ3) is 3.30. The topological polar surface area (TPSA) is 41.1 Å². The third-order valence-corrected chi connectivity index (χ3v) is 4.74. The molecule has 0 atom stereocenters. The highest BCUT2D eigenvalue weighted by atomic mass is 15.2. The van der Waals surface area contributed by atoms with Gasteiger partial charge in [-0.25, -0.2) is 9.97 Å². The number of nitrogens with one attached hydrogen (secondary N) is 1. The smallest absolute Gasteiger partial charge is 0.137 e. The van der Waals surface area contributed by atoms with Gasteiger partial charge in [0.05, 0.1) is 0 Å². The van der Waals surface area contributed by atoms with Crippen molar-refractivity contribution in [3.8, 4) is 0 Å². The highest BCUT2D eigenvalue weighted by Crippen LogP contribution is 2.40. The van der Waals surface area contributed by atoms with E-state index in [1.54, 1.807) is 0 Å². The van der Waals surface area contributed by atoms with E-state index in [9.17, 15) is 0 Å². The van der Waals surface area contributed by atoms with Crippen LogP contribution in [0, 0.1) is 12.8 Å². The average Bonchev–Trinajstić information content (AvgIpc) is 3.26. The quantitative estimate of drug-likeness (QED) is 0.830. The lowest BCUT2D eigenvalue weighted by Gasteiger charge is -2.31. The van der Waals surface area contributed by atoms with Crippen molar-refractivity contribution in [3.63, 3.8) is 0 Å². The summed E-state index contributed by atoms with van der Waals surface area (Å²) in [7, 11) is 2.19. The first-order valence-corrected chi connectivity index (χ1v) is 8.52. The van der Waals surface area contributed by atoms with E-state index in [2.05, 4.69) is 31.1 Å². The Bertz CT molecular complexity index is 492. The predicted molar refractivity (Wildman–Crippen MR) is 88.1 cm³/mol. The maximum absolute atomic E-state index is 4.89. The molecule has 4 heteroatoms. The molecule has 1 aromatic rings. The number of hydrogen-bond acceptors (Lipinski definition) is 4. The fraction of sp³-hybridized carbons (Fsp3) is 0.765. The Morgan fingerprint density at radius 1 is 1.19 bits per heavy atom. The van der Waals surface area contributed by atoms with E-state index in [0.717, 1.165) is 42.9 Å². The highest BCUT2D eigenvalue weighted by molar-refractivity contribution is 5.58. The van der Waals surface area contributed by atoms with Gasteiger partial charge in [0.25, 0.3) is 0 Å². The molecule has 2 saturated carbocycles. The second kappa shape index (κ2) is 6.20. The summed E-state index contributed by atoms with van der Waals surface area (Å²) in [5.74, 6) is 4.70. The van der Waals surface area contributed by atoms with Crippen LogP contribution in [0.2, 0.25) is 0 Å². The van der Waals surface area contributed by atoms with Crippen molar-refractivity contribution in [3.05, 3.63) is 11.4 Å². The van der Waals surface area contributed by atoms with Gasteiger partial charge >= 0.3 is 0 Å². The first-order chi connectivity index (χ1) is 10.2. The van der Waals surface area contributed by atoms with E-state index < -0.39 is 0 Å². The fourth-order valence-corrected chi connectivity index (χ4v) is 2.98. The van der Waals surface area contributed by atoms with Gasteiger partial charge in [0.15, 0.2) is 0 Å². The van der Waals surface area contributed by atoms with Gasteiger partial charge in [-0.3, -0.25) is 0 Å². The lowest BCUT2D eigenvalue weighted by atomic mass is 9.85. The molecular weight excluding hydrogens is 260 g/mol. The minimum absolute atomic E-state index is 0.601. The molecule has 0 aromatic carbocycles. The number of anilines is 2. The molecule has 4 nitrogen and oxygen atoms in total. The zero-order chi connectivity index (χ0) is 14.8. The van der Waals surface area contributed by atoms with Crippen LogP contribution < -0.4 is 10.2 Å². The van der Waals surface area contributed by atoms with Crippen LogP contribution >= 0.6 is 0 Å². The summed E-state index contributed by atoms with van der Waals surface area (Å²) in [6.07, 6.45) is 7.78. The summed E-state index contributed by atoms with van der Waals surface area (Å²) in [5, 5.41) is 3.48. The number of aromatic nitrogens is 2. The molecule has 3 rings (SSSR count). The molecule has 1 heterocycles. The Hall–Kier alpha value is -1.32. The predicted octanol–water partition coefficient (Wildman–Crippen LogP) is 3.72. The average molecular weight is 288 g/mol. The molecule has 1 N–H and O–H groups in total. The molecular formula is C17H28N4. The summed E-state index contributed by atoms with van der Waals surface area (Å²) < 4.78 is 0. The molecule has 2 aliphatic carbocycles. The Balaban J connectivity index is 1.83. The molecule has 0 radical (unpaired) electrons. The molecule has 0 unspecified atom stereocenters. The lowest BCUT2D eigenvalue weighted by Crippen LogP contribution is -2.31. The van der Waals surface area contributed by atoms with Crippen LogP contribution in [0.3, 0.4) is 0 Å². The lowest BCUT2D eigenvalue weighted by molar-refractivity contribution is 0.321. The van der Waals surface area contributed by atoms with Gasteiger partial charge in [-0.1, -0.05) is 13.3 Å². The maximum atomic E-state index is 4.89. The van der Waals surface area contributed by atoms with Gasteiger partial charge < -0.3 is 10.2 Å². The molecule has 0 spiro atoms. The molecule has 0 saturated heterocycles. The molecule has 2 fully saturated rings. The normalized spacial score (nSPS) is 18.4. The Morgan fingerprint density at radius 2 is 1.95 bits per heavy atom. The molecule has 0 aliphatic heterocycles. The van der Waals surface area contributed by atoms with Gasteiger partial charge in [0.1, 0.15) is 17.5 Å². The molecule has 0 bridgehead atoms. The van der Waals surface area contributed by atoms with Gasteiger partial charge in [-0.2, -0.15) is 0 Å². The summed E-state index contributed by atoms with van der Waals surface area (Å²) >= 11 is 0. The van der Waals surface area contributed by atoms with Gasteiger partial charge in [-0.05, 0) is 44.9 Å². The second-order valence-corrected chi connectivity index (χ2v) is 6.76. The van der Waals surface area contributed by atoms with Crippen molar-refractivity contribution in [1.29, 1.82) is 0 Å². The zero-order valence-corrected chi connectivity index (χ0v) is 13.7. The number of nitrogens with zero attached hydrogens (tertiary/aromatic N) is 3. The molecule has 21 heavy (non-hydrogen) atoms. The fourth-order valence-electron chi connectivity index (χ4n) is 2.98. The van der Waals surface area contributed by atoms with Crippen molar-refractivity contribution < 1.29 is 0 Å². The standard InChI is InChI=1S/C17H28N4/c1-4-10-18-15-12(2)17(20-16(19-15)14-8-9-14)21(3)11-13-6-5-7-13/h13-14H,4-11H2,1-3H3,(H,18,19,20). The van der Waals surface area contributed by atoms with E-state index in [1.165, 1.54) is 37.7 Å². The van der Waals surface area contributed by atoms with Gasteiger partial charge in [0.2, 0.25) is 0 Å². The van der Waals surface area contributed by atoms with Crippen molar-refractivity contribution in [1.82, 2.24) is 9.97 Å². The number of hydrogen-bond donors (Lipinski definition) is 1. The Kier molecular flexibility index (Phi) is 4.32. The minimum atomic E-state index is 0.601. The zero-order valence-electron chi connectivity index (χ0n) is 13.7. The summed E-state index contributed by atoms with van der Waals surface area (Å²) in [4.78, 5) is 12.0. The van der Waals surface area contributed by atoms with Crippen molar-refractivity contribution in [2.75, 3.05) is 30.4 Å². The van der Waals surface area contributed by atoms with Crippen molar-refractivity contribution in [2.45, 2.75) is 58.3 Å². The van der Waals surface area contributed by atoms with Crippen LogP contribution in [0.4, 0.5) is 11.6 Å². The highest BCUT2D eigenvalue weighted by Gasteiger charge is 2.29. The molecule has 116 valence electrons. The van der Waals surface area contributed by atoms with Crippen LogP contribution in [0.1, 0.15) is 62.8 Å². The van der Waals surface area contributed by atoms with Crippen molar-refractivity contribution in [2.24, 2.45) is 5.92 Å². The van der Waals surface area contributed by atoms with Crippen LogP contribution in [0.15, 0.2) is 0 Å². The molecule has 0 amide bonds. The second-order valence-electron chi connectivity index (χ2n) is 6.76.